The van der Waals surface area contributed by atoms with E-state index < -0.39 is 17.6 Å². The molecule has 1 unspecified atom stereocenters. The molecule has 2 heterocycles. The second kappa shape index (κ2) is 10.1. The molecule has 1 aromatic carbocycles. The van der Waals surface area contributed by atoms with Crippen molar-refractivity contribution < 1.29 is 22.7 Å². The van der Waals surface area contributed by atoms with Gasteiger partial charge in [-0.25, -0.2) is 0 Å². The third-order valence-electron chi connectivity index (χ3n) is 5.40. The molecule has 2 aliphatic rings. The van der Waals surface area contributed by atoms with Crippen LogP contribution in [0.1, 0.15) is 22.3 Å². The summed E-state index contributed by atoms with van der Waals surface area (Å²) in [6.07, 6.45) is -3.34. The van der Waals surface area contributed by atoms with Crippen molar-refractivity contribution in [2.24, 2.45) is 4.99 Å². The first kappa shape index (κ1) is 22.4. The van der Waals surface area contributed by atoms with Crippen LogP contribution in [-0.4, -0.2) is 87.2 Å². The average molecular weight is 427 g/mol. The van der Waals surface area contributed by atoms with Crippen molar-refractivity contribution in [2.45, 2.75) is 18.6 Å². The van der Waals surface area contributed by atoms with E-state index in [-0.39, 0.29) is 5.56 Å². The topological polar surface area (TPSA) is 69.2 Å². The second-order valence-electron chi connectivity index (χ2n) is 7.34. The van der Waals surface area contributed by atoms with Crippen molar-refractivity contribution in [3.63, 3.8) is 0 Å². The van der Waals surface area contributed by atoms with Crippen LogP contribution in [0.15, 0.2) is 29.3 Å². The van der Waals surface area contributed by atoms with Crippen LogP contribution >= 0.6 is 0 Å². The second-order valence-corrected chi connectivity index (χ2v) is 7.34. The van der Waals surface area contributed by atoms with Crippen molar-refractivity contribution in [3.8, 4) is 0 Å². The zero-order valence-electron chi connectivity index (χ0n) is 17.0. The fraction of sp³-hybridized carbons (Fsp3) is 0.600. The number of ether oxygens (including phenoxy) is 1. The highest BCUT2D eigenvalue weighted by Gasteiger charge is 2.31. The number of morpholine rings is 1. The molecule has 0 aliphatic carbocycles. The normalized spacial score (nSPS) is 21.0. The fourth-order valence-corrected chi connectivity index (χ4v) is 3.77. The number of halogens is 3. The number of amides is 1. The summed E-state index contributed by atoms with van der Waals surface area (Å²) in [4.78, 5) is 21.1. The predicted molar refractivity (Wildman–Crippen MR) is 108 cm³/mol. The third-order valence-corrected chi connectivity index (χ3v) is 5.40. The lowest BCUT2D eigenvalue weighted by molar-refractivity contribution is -0.137. The number of benzene rings is 1. The van der Waals surface area contributed by atoms with Crippen LogP contribution in [0.2, 0.25) is 0 Å². The lowest BCUT2D eigenvalue weighted by Crippen LogP contribution is -2.47. The highest BCUT2D eigenvalue weighted by Crippen LogP contribution is 2.29. The van der Waals surface area contributed by atoms with Crippen LogP contribution in [0.4, 0.5) is 13.2 Å². The van der Waals surface area contributed by atoms with Crippen LogP contribution < -0.4 is 10.6 Å². The maximum Gasteiger partial charge on any atom is 0.416 e. The number of rotatable bonds is 5. The summed E-state index contributed by atoms with van der Waals surface area (Å²) < 4.78 is 43.2. The van der Waals surface area contributed by atoms with Crippen molar-refractivity contribution in [2.75, 3.05) is 59.5 Å². The highest BCUT2D eigenvalue weighted by atomic mass is 19.4. The molecule has 0 aromatic heterocycles. The number of carbonyl (C=O) groups is 1. The smallest absolute Gasteiger partial charge is 0.379 e. The van der Waals surface area contributed by atoms with Gasteiger partial charge in [-0.2, -0.15) is 13.2 Å². The standard InChI is InChI=1S/C20H28F3N5O2/c1-24-19(28-9-6-17(14-28)27-10-12-30-13-11-27)26-8-7-25-18(29)15-2-4-16(5-3-15)20(21,22)23/h2-5,17H,6-14H2,1H3,(H,24,26)(H,25,29). The molecule has 7 nitrogen and oxygen atoms in total. The molecule has 0 spiro atoms. The Hall–Kier alpha value is -2.33. The first-order valence-corrected chi connectivity index (χ1v) is 10.1. The largest absolute Gasteiger partial charge is 0.416 e. The zero-order chi connectivity index (χ0) is 21.6. The van der Waals surface area contributed by atoms with Crippen molar-refractivity contribution in [3.05, 3.63) is 35.4 Å². The number of carbonyl (C=O) groups excluding carboxylic acids is 1. The van der Waals surface area contributed by atoms with Crippen LogP contribution in [0.3, 0.4) is 0 Å². The van der Waals surface area contributed by atoms with E-state index >= 15 is 0 Å². The molecule has 2 saturated heterocycles. The maximum absolute atomic E-state index is 12.6. The molecule has 1 aromatic rings. The third kappa shape index (κ3) is 5.85. The molecular weight excluding hydrogens is 399 g/mol. The number of alkyl halides is 3. The van der Waals surface area contributed by atoms with E-state index in [1.807, 2.05) is 0 Å². The number of guanidine groups is 1. The molecule has 0 bridgehead atoms. The molecule has 3 rings (SSSR count). The van der Waals surface area contributed by atoms with Gasteiger partial charge in [0.05, 0.1) is 18.8 Å². The monoisotopic (exact) mass is 427 g/mol. The molecule has 1 atom stereocenters. The van der Waals surface area contributed by atoms with E-state index in [0.717, 1.165) is 63.9 Å². The Morgan fingerprint density at radius 1 is 1.13 bits per heavy atom. The molecule has 30 heavy (non-hydrogen) atoms. The van der Waals surface area contributed by atoms with Crippen LogP contribution in [0, 0.1) is 0 Å². The summed E-state index contributed by atoms with van der Waals surface area (Å²) in [5.41, 5.74) is -0.578. The summed E-state index contributed by atoms with van der Waals surface area (Å²) in [7, 11) is 1.73. The molecule has 10 heteroatoms. The van der Waals surface area contributed by atoms with Crippen LogP contribution in [0.25, 0.3) is 0 Å². The van der Waals surface area contributed by atoms with Gasteiger partial charge in [0.15, 0.2) is 5.96 Å². The van der Waals surface area contributed by atoms with Gasteiger partial charge in [-0.15, -0.1) is 0 Å². The summed E-state index contributed by atoms with van der Waals surface area (Å²) >= 11 is 0. The highest BCUT2D eigenvalue weighted by molar-refractivity contribution is 5.94. The fourth-order valence-electron chi connectivity index (χ4n) is 3.77. The maximum atomic E-state index is 12.6. The van der Waals surface area contributed by atoms with Gasteiger partial charge in [-0.1, -0.05) is 0 Å². The van der Waals surface area contributed by atoms with Gasteiger partial charge < -0.3 is 20.3 Å². The minimum absolute atomic E-state index is 0.195. The van der Waals surface area contributed by atoms with Gasteiger partial charge >= 0.3 is 6.18 Å². The first-order valence-electron chi connectivity index (χ1n) is 10.1. The predicted octanol–water partition coefficient (Wildman–Crippen LogP) is 1.42. The summed E-state index contributed by atoms with van der Waals surface area (Å²) in [5, 5.41) is 5.95. The first-order chi connectivity index (χ1) is 14.4. The number of hydrogen-bond donors (Lipinski definition) is 2. The molecule has 1 amide bonds. The van der Waals surface area contributed by atoms with Crippen molar-refractivity contribution >= 4 is 11.9 Å². The number of aliphatic imine (C=N–C) groups is 1. The molecule has 2 N–H and O–H groups in total. The van der Waals surface area contributed by atoms with Gasteiger partial charge in [0.1, 0.15) is 0 Å². The molecule has 0 saturated carbocycles. The van der Waals surface area contributed by atoms with Gasteiger partial charge in [0, 0.05) is 57.9 Å². The number of nitrogens with zero attached hydrogens (tertiary/aromatic N) is 3. The summed E-state index contributed by atoms with van der Waals surface area (Å²) in [6.45, 7) is 6.10. The van der Waals surface area contributed by atoms with Crippen molar-refractivity contribution in [1.29, 1.82) is 0 Å². The molecule has 166 valence electrons. The minimum atomic E-state index is -4.41. The van der Waals surface area contributed by atoms with Gasteiger partial charge in [-0.05, 0) is 30.7 Å². The molecule has 2 fully saturated rings. The summed E-state index contributed by atoms with van der Waals surface area (Å²) in [5.74, 6) is 0.378. The number of nitrogens with one attached hydrogen (secondary N) is 2. The zero-order valence-corrected chi connectivity index (χ0v) is 17.0. The van der Waals surface area contributed by atoms with E-state index in [0.29, 0.717) is 19.1 Å². The molecule has 0 radical (unpaired) electrons. The van der Waals surface area contributed by atoms with Gasteiger partial charge in [-0.3, -0.25) is 14.7 Å². The molecular formula is C20H28F3N5O2. The van der Waals surface area contributed by atoms with Crippen LogP contribution in [-0.2, 0) is 10.9 Å². The summed E-state index contributed by atoms with van der Waals surface area (Å²) in [6, 6.07) is 4.67. The Morgan fingerprint density at radius 3 is 2.43 bits per heavy atom. The average Bonchev–Trinajstić information content (AvgIpc) is 3.24. The number of hydrogen-bond acceptors (Lipinski definition) is 4. The quantitative estimate of drug-likeness (QED) is 0.423. The lowest BCUT2D eigenvalue weighted by atomic mass is 10.1. The lowest BCUT2D eigenvalue weighted by Gasteiger charge is -2.32. The van der Waals surface area contributed by atoms with E-state index in [1.165, 1.54) is 12.1 Å². The van der Waals surface area contributed by atoms with Gasteiger partial charge in [0.2, 0.25) is 0 Å². The van der Waals surface area contributed by atoms with Crippen LogP contribution in [0.5, 0.6) is 0 Å². The van der Waals surface area contributed by atoms with Crippen molar-refractivity contribution in [1.82, 2.24) is 20.4 Å². The van der Waals surface area contributed by atoms with E-state index in [9.17, 15) is 18.0 Å². The Morgan fingerprint density at radius 2 is 1.80 bits per heavy atom. The minimum Gasteiger partial charge on any atom is -0.379 e. The Kier molecular flexibility index (Phi) is 7.54. The van der Waals surface area contributed by atoms with Gasteiger partial charge in [0.25, 0.3) is 5.91 Å². The number of likely N-dealkylation sites (tertiary alicyclic amines) is 1. The van der Waals surface area contributed by atoms with E-state index in [1.54, 1.807) is 7.05 Å². The Bertz CT molecular complexity index is 733. The Labute approximate surface area is 174 Å². The SMILES string of the molecule is CN=C(NCCNC(=O)c1ccc(C(F)(F)F)cc1)N1CCC(N2CCOCC2)C1. The van der Waals surface area contributed by atoms with E-state index in [4.69, 9.17) is 4.74 Å². The Balaban J connectivity index is 1.40. The van der Waals surface area contributed by atoms with E-state index in [2.05, 4.69) is 25.4 Å². The molecule has 2 aliphatic heterocycles.